The molecule has 3 amide bonds. The number of urea groups is 1. The minimum absolute atomic E-state index is 0.0324. The van der Waals surface area contributed by atoms with E-state index in [1.807, 2.05) is 0 Å². The van der Waals surface area contributed by atoms with Crippen molar-refractivity contribution in [1.29, 1.82) is 0 Å². The standard InChI is InChI=1S/C19H25N3O4/c1-12-13-8-15-16(26-7-6-25-15)9-14(13)19(4-2-3-5-19)11-22(12)10-17(23)21-18(20)24/h8-9,12H,2-7,10-11H2,1H3,(H3,20,21,23,24)/t12-/m1/s1. The van der Waals surface area contributed by atoms with Gasteiger partial charge in [-0.3, -0.25) is 15.0 Å². The Morgan fingerprint density at radius 2 is 1.88 bits per heavy atom. The number of rotatable bonds is 2. The Bertz CT molecular complexity index is 743. The molecule has 2 heterocycles. The van der Waals surface area contributed by atoms with Crippen LogP contribution in [0, 0.1) is 0 Å². The van der Waals surface area contributed by atoms with Crippen LogP contribution in [-0.2, 0) is 10.2 Å². The lowest BCUT2D eigenvalue weighted by Gasteiger charge is -2.46. The monoisotopic (exact) mass is 359 g/mol. The number of nitrogens with one attached hydrogen (secondary N) is 1. The number of hydrogen-bond donors (Lipinski definition) is 2. The van der Waals surface area contributed by atoms with Gasteiger partial charge in [-0.1, -0.05) is 12.8 Å². The molecule has 26 heavy (non-hydrogen) atoms. The van der Waals surface area contributed by atoms with Gasteiger partial charge in [-0.05, 0) is 43.0 Å². The molecule has 1 fully saturated rings. The molecule has 1 aliphatic carbocycles. The average molecular weight is 359 g/mol. The van der Waals surface area contributed by atoms with Gasteiger partial charge >= 0.3 is 6.03 Å². The first-order chi connectivity index (χ1) is 12.5. The molecule has 3 N–H and O–H groups in total. The predicted molar refractivity (Wildman–Crippen MR) is 95.3 cm³/mol. The van der Waals surface area contributed by atoms with Crippen molar-refractivity contribution in [2.75, 3.05) is 26.3 Å². The summed E-state index contributed by atoms with van der Waals surface area (Å²) in [5.74, 6) is 1.24. The molecule has 3 aliphatic rings. The van der Waals surface area contributed by atoms with Crippen LogP contribution in [0.25, 0.3) is 0 Å². The van der Waals surface area contributed by atoms with E-state index in [1.54, 1.807) is 0 Å². The maximum Gasteiger partial charge on any atom is 0.318 e. The number of ether oxygens (including phenoxy) is 2. The second-order valence-corrected chi connectivity index (χ2v) is 7.56. The molecule has 0 saturated heterocycles. The Kier molecular flexibility index (Phi) is 4.26. The average Bonchev–Trinajstić information content (AvgIpc) is 3.07. The Morgan fingerprint density at radius 3 is 2.54 bits per heavy atom. The molecule has 2 aliphatic heterocycles. The quantitative estimate of drug-likeness (QED) is 0.840. The summed E-state index contributed by atoms with van der Waals surface area (Å²) < 4.78 is 11.6. The van der Waals surface area contributed by atoms with Gasteiger partial charge in [0.25, 0.3) is 0 Å². The SMILES string of the molecule is C[C@@H]1c2cc3c(cc2C2(CCCC2)CN1CC(=O)NC(N)=O)OCCO3. The smallest absolute Gasteiger partial charge is 0.318 e. The van der Waals surface area contributed by atoms with Crippen molar-refractivity contribution in [3.8, 4) is 11.5 Å². The van der Waals surface area contributed by atoms with E-state index in [9.17, 15) is 9.59 Å². The fraction of sp³-hybridized carbons (Fsp3) is 0.579. The number of amides is 3. The predicted octanol–water partition coefficient (Wildman–Crippen LogP) is 1.84. The van der Waals surface area contributed by atoms with Crippen molar-refractivity contribution in [3.63, 3.8) is 0 Å². The topological polar surface area (TPSA) is 93.9 Å². The van der Waals surface area contributed by atoms with Gasteiger partial charge in [0.1, 0.15) is 13.2 Å². The van der Waals surface area contributed by atoms with E-state index < -0.39 is 6.03 Å². The van der Waals surface area contributed by atoms with Crippen LogP contribution in [0.5, 0.6) is 11.5 Å². The lowest BCUT2D eigenvalue weighted by atomic mass is 9.71. The summed E-state index contributed by atoms with van der Waals surface area (Å²) >= 11 is 0. The molecule has 0 aromatic heterocycles. The number of fused-ring (bicyclic) bond motifs is 3. The second-order valence-electron chi connectivity index (χ2n) is 7.56. The van der Waals surface area contributed by atoms with E-state index in [4.69, 9.17) is 15.2 Å². The van der Waals surface area contributed by atoms with E-state index >= 15 is 0 Å². The summed E-state index contributed by atoms with van der Waals surface area (Å²) in [5.41, 5.74) is 7.64. The van der Waals surface area contributed by atoms with Crippen LogP contribution in [0.4, 0.5) is 4.79 Å². The highest BCUT2D eigenvalue weighted by atomic mass is 16.6. The van der Waals surface area contributed by atoms with Crippen molar-refractivity contribution in [2.45, 2.75) is 44.1 Å². The molecular formula is C19H25N3O4. The van der Waals surface area contributed by atoms with Crippen LogP contribution >= 0.6 is 0 Å². The summed E-state index contributed by atoms with van der Waals surface area (Å²) in [6.45, 7) is 4.17. The minimum Gasteiger partial charge on any atom is -0.486 e. The normalized spacial score (nSPS) is 23.5. The van der Waals surface area contributed by atoms with Crippen LogP contribution in [-0.4, -0.2) is 43.1 Å². The highest BCUT2D eigenvalue weighted by molar-refractivity contribution is 5.94. The third-order valence-electron chi connectivity index (χ3n) is 5.96. The maximum absolute atomic E-state index is 12.1. The molecule has 4 rings (SSSR count). The Morgan fingerprint density at radius 1 is 1.23 bits per heavy atom. The highest BCUT2D eigenvalue weighted by Gasteiger charge is 2.45. The lowest BCUT2D eigenvalue weighted by molar-refractivity contribution is -0.122. The van der Waals surface area contributed by atoms with E-state index in [-0.39, 0.29) is 23.9 Å². The highest BCUT2D eigenvalue weighted by Crippen LogP contribution is 2.51. The number of imide groups is 1. The zero-order valence-electron chi connectivity index (χ0n) is 15.0. The van der Waals surface area contributed by atoms with Crippen molar-refractivity contribution < 1.29 is 19.1 Å². The molecule has 1 saturated carbocycles. The van der Waals surface area contributed by atoms with Gasteiger partial charge in [-0.25, -0.2) is 4.79 Å². The summed E-state index contributed by atoms with van der Waals surface area (Å²) in [5, 5.41) is 2.18. The van der Waals surface area contributed by atoms with Gasteiger partial charge in [0.2, 0.25) is 5.91 Å². The molecule has 1 aromatic carbocycles. The Labute approximate surface area is 152 Å². The first-order valence-electron chi connectivity index (χ1n) is 9.26. The van der Waals surface area contributed by atoms with E-state index in [2.05, 4.69) is 29.3 Å². The molecule has 7 heteroatoms. The van der Waals surface area contributed by atoms with Crippen LogP contribution in [0.15, 0.2) is 12.1 Å². The number of benzene rings is 1. The van der Waals surface area contributed by atoms with E-state index in [0.29, 0.717) is 13.2 Å². The van der Waals surface area contributed by atoms with Gasteiger partial charge in [0.15, 0.2) is 11.5 Å². The number of primary amides is 1. The second kappa shape index (κ2) is 6.46. The van der Waals surface area contributed by atoms with Crippen LogP contribution in [0.3, 0.4) is 0 Å². The molecular weight excluding hydrogens is 334 g/mol. The van der Waals surface area contributed by atoms with Gasteiger partial charge in [-0.2, -0.15) is 0 Å². The van der Waals surface area contributed by atoms with Crippen molar-refractivity contribution in [2.24, 2.45) is 5.73 Å². The molecule has 140 valence electrons. The number of nitrogens with two attached hydrogens (primary N) is 1. The molecule has 1 atom stereocenters. The van der Waals surface area contributed by atoms with Crippen LogP contribution in [0.2, 0.25) is 0 Å². The Balaban J connectivity index is 1.70. The maximum atomic E-state index is 12.1. The van der Waals surface area contributed by atoms with E-state index in [0.717, 1.165) is 30.9 Å². The number of nitrogens with zero attached hydrogens (tertiary/aromatic N) is 1. The molecule has 1 aromatic rings. The van der Waals surface area contributed by atoms with Crippen LogP contribution in [0.1, 0.15) is 49.8 Å². The van der Waals surface area contributed by atoms with Gasteiger partial charge < -0.3 is 15.2 Å². The first kappa shape index (κ1) is 17.1. The first-order valence-corrected chi connectivity index (χ1v) is 9.26. The Hall–Kier alpha value is -2.28. The molecule has 1 spiro atoms. The van der Waals surface area contributed by atoms with Gasteiger partial charge in [-0.15, -0.1) is 0 Å². The van der Waals surface area contributed by atoms with Crippen molar-refractivity contribution in [3.05, 3.63) is 23.3 Å². The van der Waals surface area contributed by atoms with Gasteiger partial charge in [0, 0.05) is 18.0 Å². The fourth-order valence-electron chi connectivity index (χ4n) is 4.75. The van der Waals surface area contributed by atoms with Crippen LogP contribution < -0.4 is 20.5 Å². The zero-order chi connectivity index (χ0) is 18.3. The molecule has 0 bridgehead atoms. The molecule has 0 radical (unpaired) electrons. The summed E-state index contributed by atoms with van der Waals surface area (Å²) in [6.07, 6.45) is 4.56. The number of carbonyl (C=O) groups is 2. The zero-order valence-corrected chi connectivity index (χ0v) is 15.0. The molecule has 0 unspecified atom stereocenters. The third kappa shape index (κ3) is 2.90. The summed E-state index contributed by atoms with van der Waals surface area (Å²) in [4.78, 5) is 25.2. The van der Waals surface area contributed by atoms with Crippen molar-refractivity contribution >= 4 is 11.9 Å². The molecule has 7 nitrogen and oxygen atoms in total. The third-order valence-corrected chi connectivity index (χ3v) is 5.96. The lowest BCUT2D eigenvalue weighted by Crippen LogP contribution is -2.50. The fourth-order valence-corrected chi connectivity index (χ4v) is 4.75. The number of carbonyl (C=O) groups excluding carboxylic acids is 2. The summed E-state index contributed by atoms with van der Waals surface area (Å²) in [6, 6.07) is 3.47. The number of hydrogen-bond acceptors (Lipinski definition) is 5. The minimum atomic E-state index is -0.810. The van der Waals surface area contributed by atoms with Gasteiger partial charge in [0.05, 0.1) is 6.54 Å². The summed E-state index contributed by atoms with van der Waals surface area (Å²) in [7, 11) is 0. The van der Waals surface area contributed by atoms with Crippen molar-refractivity contribution in [1.82, 2.24) is 10.2 Å². The van der Waals surface area contributed by atoms with E-state index in [1.165, 1.54) is 24.0 Å². The largest absolute Gasteiger partial charge is 0.486 e.